The first-order valence-electron chi connectivity index (χ1n) is 18.5. The van der Waals surface area contributed by atoms with E-state index in [1.165, 1.54) is 4.90 Å². The van der Waals surface area contributed by atoms with Gasteiger partial charge in [-0.25, -0.2) is 14.5 Å². The highest BCUT2D eigenvalue weighted by Crippen LogP contribution is 2.34. The van der Waals surface area contributed by atoms with E-state index in [4.69, 9.17) is 14.5 Å². The second kappa shape index (κ2) is 15.8. The zero-order valence-corrected chi connectivity index (χ0v) is 31.0. The van der Waals surface area contributed by atoms with Crippen molar-refractivity contribution in [2.24, 2.45) is 11.3 Å². The minimum Gasteiger partial charge on any atom is -0.497 e. The van der Waals surface area contributed by atoms with E-state index in [1.54, 1.807) is 48.5 Å². The Bertz CT molecular complexity index is 1830. The molecule has 284 valence electrons. The van der Waals surface area contributed by atoms with Crippen LogP contribution in [0.5, 0.6) is 11.5 Å². The number of aromatic nitrogens is 3. The summed E-state index contributed by atoms with van der Waals surface area (Å²) >= 11 is 0. The number of methoxy groups -OCH3 is 1. The highest BCUT2D eigenvalue weighted by atomic mass is 16.5. The normalized spacial score (nSPS) is 19.6. The number of hydrogen-bond donors (Lipinski definition) is 4. The summed E-state index contributed by atoms with van der Waals surface area (Å²) in [5.74, 6) is -0.491. The van der Waals surface area contributed by atoms with Gasteiger partial charge in [0.25, 0.3) is 5.91 Å². The molecule has 3 aliphatic rings. The Balaban J connectivity index is 1.29. The number of ketones is 1. The summed E-state index contributed by atoms with van der Waals surface area (Å²) in [6.07, 6.45) is 7.34. The van der Waals surface area contributed by atoms with Gasteiger partial charge >= 0.3 is 6.03 Å². The zero-order valence-electron chi connectivity index (χ0n) is 31.0. The number of rotatable bonds is 15. The number of nitrogens with one attached hydrogen (secondary N) is 4. The molecule has 1 saturated heterocycles. The standard InChI is InChI=1S/C38H50N8O7/c1-6-8-27(32(47)35(49)41-23-11-12-23)43-34(48)29-18-25(21-45(29)36(50)33(38(2,3)4)44-37(51)39-20-22-9-10-22)53-30-19-31(46-16-7-15-40-46)42-28-17-24(52-5)13-14-26(28)30/h7,13-17,19,22-23,25,27,29,33H,6,8-12,18,20-21H2,1-5H3,(H,41,49)(H,43,48)(H2,39,44,51)/t25-,27+,29?,33-/m1/s1. The molecular weight excluding hydrogens is 680 g/mol. The van der Waals surface area contributed by atoms with Crippen molar-refractivity contribution in [1.82, 2.24) is 40.9 Å². The van der Waals surface area contributed by atoms with Gasteiger partial charge in [-0.2, -0.15) is 5.10 Å². The number of ether oxygens (including phenoxy) is 2. The van der Waals surface area contributed by atoms with Crippen molar-refractivity contribution in [2.75, 3.05) is 20.2 Å². The number of carbonyl (C=O) groups is 5. The van der Waals surface area contributed by atoms with Crippen molar-refractivity contribution >= 4 is 40.4 Å². The fourth-order valence-electron chi connectivity index (χ4n) is 6.49. The van der Waals surface area contributed by atoms with E-state index in [9.17, 15) is 24.0 Å². The van der Waals surface area contributed by atoms with Crippen LogP contribution in [0.3, 0.4) is 0 Å². The van der Waals surface area contributed by atoms with E-state index in [-0.39, 0.29) is 25.4 Å². The van der Waals surface area contributed by atoms with E-state index in [1.807, 2.05) is 33.8 Å². The predicted molar refractivity (Wildman–Crippen MR) is 195 cm³/mol. The molecule has 3 heterocycles. The third kappa shape index (κ3) is 9.24. The number of amides is 5. The van der Waals surface area contributed by atoms with Crippen LogP contribution in [0.15, 0.2) is 42.7 Å². The minimum absolute atomic E-state index is 0.0144. The number of pyridine rings is 1. The fourth-order valence-corrected chi connectivity index (χ4v) is 6.49. The number of benzene rings is 1. The summed E-state index contributed by atoms with van der Waals surface area (Å²) in [7, 11) is 1.57. The second-order valence-corrected chi connectivity index (χ2v) is 15.4. The molecule has 0 spiro atoms. The minimum atomic E-state index is -1.07. The van der Waals surface area contributed by atoms with Crippen LogP contribution in [0.4, 0.5) is 4.79 Å². The van der Waals surface area contributed by atoms with Crippen LogP contribution in [0.2, 0.25) is 0 Å². The molecule has 1 unspecified atom stereocenters. The first-order valence-corrected chi connectivity index (χ1v) is 18.5. The quantitative estimate of drug-likeness (QED) is 0.171. The van der Waals surface area contributed by atoms with Gasteiger partial charge in [0.15, 0.2) is 5.82 Å². The monoisotopic (exact) mass is 730 g/mol. The highest BCUT2D eigenvalue weighted by molar-refractivity contribution is 6.38. The van der Waals surface area contributed by atoms with E-state index < -0.39 is 59.2 Å². The molecule has 3 aromatic rings. The smallest absolute Gasteiger partial charge is 0.315 e. The van der Waals surface area contributed by atoms with E-state index in [2.05, 4.69) is 26.4 Å². The number of likely N-dealkylation sites (tertiary alicyclic amines) is 1. The van der Waals surface area contributed by atoms with Crippen molar-refractivity contribution in [3.05, 3.63) is 42.7 Å². The van der Waals surface area contributed by atoms with Crippen molar-refractivity contribution in [1.29, 1.82) is 0 Å². The van der Waals surface area contributed by atoms with Gasteiger partial charge in [-0.05, 0) is 61.6 Å². The van der Waals surface area contributed by atoms with Gasteiger partial charge in [0, 0.05) is 48.9 Å². The Hall–Kier alpha value is -5.21. The Labute approximate surface area is 308 Å². The molecule has 3 fully saturated rings. The number of nitrogens with zero attached hydrogens (tertiary/aromatic N) is 4. The number of Topliss-reactive ketones (excluding diaryl/α,β-unsaturated/α-hetero) is 1. The van der Waals surface area contributed by atoms with Crippen LogP contribution < -0.4 is 30.7 Å². The van der Waals surface area contributed by atoms with Crippen molar-refractivity contribution in [3.63, 3.8) is 0 Å². The summed E-state index contributed by atoms with van der Waals surface area (Å²) in [4.78, 5) is 73.9. The molecule has 4 N–H and O–H groups in total. The Morgan fingerprint density at radius 1 is 1.04 bits per heavy atom. The van der Waals surface area contributed by atoms with Crippen molar-refractivity contribution in [2.45, 2.75) is 103 Å². The van der Waals surface area contributed by atoms with Gasteiger partial charge in [-0.3, -0.25) is 19.2 Å². The Kier molecular flexibility index (Phi) is 11.2. The number of fused-ring (bicyclic) bond motifs is 1. The van der Waals surface area contributed by atoms with Crippen LogP contribution in [-0.2, 0) is 19.2 Å². The maximum atomic E-state index is 14.5. The lowest BCUT2D eigenvalue weighted by molar-refractivity contribution is -0.144. The molecule has 1 aromatic carbocycles. The van der Waals surface area contributed by atoms with Crippen LogP contribution >= 0.6 is 0 Å². The molecule has 5 amide bonds. The summed E-state index contributed by atoms with van der Waals surface area (Å²) in [5.41, 5.74) is -0.138. The molecule has 2 saturated carbocycles. The summed E-state index contributed by atoms with van der Waals surface area (Å²) in [6, 6.07) is 5.34. The lowest BCUT2D eigenvalue weighted by atomic mass is 9.85. The molecular formula is C38H50N8O7. The summed E-state index contributed by atoms with van der Waals surface area (Å²) in [5, 5.41) is 16.3. The molecule has 4 atom stereocenters. The molecule has 2 aliphatic carbocycles. The number of urea groups is 1. The summed E-state index contributed by atoms with van der Waals surface area (Å²) in [6.45, 7) is 7.94. The maximum Gasteiger partial charge on any atom is 0.315 e. The van der Waals surface area contributed by atoms with Gasteiger partial charge in [-0.1, -0.05) is 34.1 Å². The van der Waals surface area contributed by atoms with Crippen molar-refractivity contribution in [3.8, 4) is 17.3 Å². The largest absolute Gasteiger partial charge is 0.497 e. The van der Waals surface area contributed by atoms with Gasteiger partial charge in [-0.15, -0.1) is 0 Å². The molecule has 0 bridgehead atoms. The average molecular weight is 731 g/mol. The molecule has 2 aromatic heterocycles. The lowest BCUT2D eigenvalue weighted by Gasteiger charge is -2.35. The molecule has 1 aliphatic heterocycles. The van der Waals surface area contributed by atoms with E-state index >= 15 is 0 Å². The summed E-state index contributed by atoms with van der Waals surface area (Å²) < 4.78 is 13.7. The third-order valence-corrected chi connectivity index (χ3v) is 9.83. The average Bonchev–Trinajstić information content (AvgIpc) is 4.03. The van der Waals surface area contributed by atoms with E-state index in [0.29, 0.717) is 47.1 Å². The van der Waals surface area contributed by atoms with Crippen LogP contribution in [-0.4, -0.2) is 99.7 Å². The Morgan fingerprint density at radius 3 is 2.45 bits per heavy atom. The van der Waals surface area contributed by atoms with Gasteiger partial charge in [0.2, 0.25) is 17.6 Å². The first kappa shape index (κ1) is 37.5. The first-order chi connectivity index (χ1) is 25.3. The predicted octanol–water partition coefficient (Wildman–Crippen LogP) is 3.03. The lowest BCUT2D eigenvalue weighted by Crippen LogP contribution is -2.60. The second-order valence-electron chi connectivity index (χ2n) is 15.4. The van der Waals surface area contributed by atoms with Crippen LogP contribution in [0.1, 0.15) is 72.6 Å². The van der Waals surface area contributed by atoms with E-state index in [0.717, 1.165) is 25.7 Å². The maximum absolute atomic E-state index is 14.5. The SMILES string of the molecule is CCC[C@H](NC(=O)C1C[C@@H](Oc2cc(-n3cccn3)nc3cc(OC)ccc23)CN1C(=O)[C@@H](NC(=O)NCC1CC1)C(C)(C)C)C(=O)C(=O)NC1CC1. The third-order valence-electron chi connectivity index (χ3n) is 9.83. The topological polar surface area (TPSA) is 186 Å². The fraction of sp³-hybridized carbons (Fsp3) is 0.553. The molecule has 6 rings (SSSR count). The molecule has 53 heavy (non-hydrogen) atoms. The molecule has 15 heteroatoms. The van der Waals surface area contributed by atoms with Crippen molar-refractivity contribution < 1.29 is 33.4 Å². The number of carbonyl (C=O) groups excluding carboxylic acids is 5. The Morgan fingerprint density at radius 2 is 1.81 bits per heavy atom. The highest BCUT2D eigenvalue weighted by Gasteiger charge is 2.47. The van der Waals surface area contributed by atoms with Gasteiger partial charge in [0.05, 0.1) is 25.2 Å². The molecule has 15 nitrogen and oxygen atoms in total. The van der Waals surface area contributed by atoms with Crippen LogP contribution in [0, 0.1) is 11.3 Å². The van der Waals surface area contributed by atoms with Crippen LogP contribution in [0.25, 0.3) is 16.7 Å². The molecule has 0 radical (unpaired) electrons. The van der Waals surface area contributed by atoms with Gasteiger partial charge in [0.1, 0.15) is 29.7 Å². The zero-order chi connectivity index (χ0) is 37.9. The van der Waals surface area contributed by atoms with Gasteiger partial charge < -0.3 is 35.6 Å². The number of hydrogen-bond acceptors (Lipinski definition) is 9.